The van der Waals surface area contributed by atoms with Crippen molar-refractivity contribution < 1.29 is 10.0 Å². The number of nitrogens with one attached hydrogen (secondary N) is 1. The molecule has 5 nitrogen and oxygen atoms in total. The van der Waals surface area contributed by atoms with E-state index in [1.54, 1.807) is 18.2 Å². The van der Waals surface area contributed by atoms with Gasteiger partial charge in [0.25, 0.3) is 5.69 Å². The quantitative estimate of drug-likeness (QED) is 0.634. The van der Waals surface area contributed by atoms with Gasteiger partial charge in [0, 0.05) is 28.4 Å². The highest BCUT2D eigenvalue weighted by Crippen LogP contribution is 2.34. The Morgan fingerprint density at radius 1 is 1.35 bits per heavy atom. The van der Waals surface area contributed by atoms with Crippen LogP contribution >= 0.6 is 11.3 Å². The summed E-state index contributed by atoms with van der Waals surface area (Å²) in [5, 5.41) is 23.2. The van der Waals surface area contributed by atoms with Crippen LogP contribution in [0.2, 0.25) is 0 Å². The summed E-state index contributed by atoms with van der Waals surface area (Å²) in [5.41, 5.74) is 0.765. The Balaban J connectivity index is 2.19. The number of para-hydroxylation sites is 1. The van der Waals surface area contributed by atoms with Gasteiger partial charge in [0.1, 0.15) is 0 Å². The lowest BCUT2D eigenvalue weighted by Crippen LogP contribution is -2.28. The molecule has 2 N–H and O–H groups in total. The average Bonchev–Trinajstić information content (AvgIpc) is 2.93. The number of nitro groups is 1. The second-order valence-corrected chi connectivity index (χ2v) is 5.67. The van der Waals surface area contributed by atoms with Crippen molar-refractivity contribution in [3.05, 3.63) is 51.4 Å². The van der Waals surface area contributed by atoms with Gasteiger partial charge in [-0.2, -0.15) is 0 Å². The van der Waals surface area contributed by atoms with Crippen LogP contribution in [-0.2, 0) is 6.54 Å². The Bertz CT molecular complexity index is 598. The van der Waals surface area contributed by atoms with Crippen LogP contribution in [0.4, 0.5) is 5.69 Å². The third-order valence-corrected chi connectivity index (χ3v) is 4.04. The molecule has 106 valence electrons. The first kappa shape index (κ1) is 14.6. The van der Waals surface area contributed by atoms with E-state index in [2.05, 4.69) is 5.32 Å². The number of rotatable bonds is 6. The van der Waals surface area contributed by atoms with Gasteiger partial charge in [0.15, 0.2) is 0 Å². The maximum atomic E-state index is 11.0. The number of nitro benzene ring substituents is 1. The van der Waals surface area contributed by atoms with Crippen molar-refractivity contribution in [2.75, 3.05) is 6.61 Å². The summed E-state index contributed by atoms with van der Waals surface area (Å²) < 4.78 is 0. The van der Waals surface area contributed by atoms with Crippen molar-refractivity contribution in [3.8, 4) is 10.4 Å². The van der Waals surface area contributed by atoms with Crippen LogP contribution in [-0.4, -0.2) is 22.7 Å². The van der Waals surface area contributed by atoms with E-state index in [4.69, 9.17) is 5.11 Å². The molecule has 0 saturated carbocycles. The van der Waals surface area contributed by atoms with Gasteiger partial charge in [0.05, 0.1) is 17.1 Å². The Labute approximate surface area is 121 Å². The molecular weight excluding hydrogens is 276 g/mol. The standard InChI is InChI=1S/C14H16N2O3S/c1-10(9-17)15-8-11-6-7-14(20-11)12-4-2-3-5-13(12)16(18)19/h2-7,10,15,17H,8-9H2,1H3/t10-/m1/s1. The SMILES string of the molecule is C[C@H](CO)NCc1ccc(-c2ccccc2[N+](=O)[O-])s1. The van der Waals surface area contributed by atoms with Crippen molar-refractivity contribution in [1.29, 1.82) is 0 Å². The minimum Gasteiger partial charge on any atom is -0.395 e. The second-order valence-electron chi connectivity index (χ2n) is 4.50. The average molecular weight is 292 g/mol. The van der Waals surface area contributed by atoms with Crippen molar-refractivity contribution in [3.63, 3.8) is 0 Å². The van der Waals surface area contributed by atoms with E-state index >= 15 is 0 Å². The second kappa shape index (κ2) is 6.60. The minimum absolute atomic E-state index is 0.0339. The van der Waals surface area contributed by atoms with Crippen LogP contribution in [0.5, 0.6) is 0 Å². The zero-order valence-corrected chi connectivity index (χ0v) is 11.9. The molecule has 1 aromatic carbocycles. The van der Waals surface area contributed by atoms with Gasteiger partial charge in [-0.05, 0) is 25.1 Å². The highest BCUT2D eigenvalue weighted by Gasteiger charge is 2.15. The molecule has 1 aromatic heterocycles. The molecule has 0 aliphatic carbocycles. The zero-order chi connectivity index (χ0) is 14.5. The molecule has 0 bridgehead atoms. The fraction of sp³-hybridized carbons (Fsp3) is 0.286. The fourth-order valence-corrected chi connectivity index (χ4v) is 2.79. The molecule has 1 atom stereocenters. The molecule has 0 fully saturated rings. The Hall–Kier alpha value is -1.76. The third kappa shape index (κ3) is 3.41. The molecule has 0 unspecified atom stereocenters. The van der Waals surface area contributed by atoms with Crippen LogP contribution in [0.3, 0.4) is 0 Å². The number of nitrogens with zero attached hydrogens (tertiary/aromatic N) is 1. The molecule has 0 saturated heterocycles. The van der Waals surface area contributed by atoms with Crippen molar-refractivity contribution in [2.24, 2.45) is 0 Å². The van der Waals surface area contributed by atoms with Crippen molar-refractivity contribution in [2.45, 2.75) is 19.5 Å². The Morgan fingerprint density at radius 3 is 2.80 bits per heavy atom. The summed E-state index contributed by atoms with van der Waals surface area (Å²) in [6.07, 6.45) is 0. The molecule has 2 rings (SSSR count). The molecule has 0 aliphatic heterocycles. The first-order valence-electron chi connectivity index (χ1n) is 6.28. The van der Waals surface area contributed by atoms with E-state index in [9.17, 15) is 10.1 Å². The van der Waals surface area contributed by atoms with Crippen molar-refractivity contribution in [1.82, 2.24) is 5.32 Å². The van der Waals surface area contributed by atoms with Crippen LogP contribution in [0.25, 0.3) is 10.4 Å². The summed E-state index contributed by atoms with van der Waals surface area (Å²) >= 11 is 1.52. The van der Waals surface area contributed by atoms with Gasteiger partial charge < -0.3 is 10.4 Å². The lowest BCUT2D eigenvalue weighted by Gasteiger charge is -2.08. The number of aliphatic hydroxyl groups excluding tert-OH is 1. The lowest BCUT2D eigenvalue weighted by atomic mass is 10.1. The van der Waals surface area contributed by atoms with E-state index in [1.807, 2.05) is 19.1 Å². The lowest BCUT2D eigenvalue weighted by molar-refractivity contribution is -0.384. The van der Waals surface area contributed by atoms with Gasteiger partial charge in [-0.25, -0.2) is 0 Å². The molecular formula is C14H16N2O3S. The van der Waals surface area contributed by atoms with Gasteiger partial charge in [0.2, 0.25) is 0 Å². The molecule has 6 heteroatoms. The van der Waals surface area contributed by atoms with Crippen LogP contribution < -0.4 is 5.32 Å². The molecule has 0 aliphatic rings. The number of thiophene rings is 1. The van der Waals surface area contributed by atoms with Crippen LogP contribution in [0.1, 0.15) is 11.8 Å². The summed E-state index contributed by atoms with van der Waals surface area (Å²) in [7, 11) is 0. The van der Waals surface area contributed by atoms with Crippen LogP contribution in [0.15, 0.2) is 36.4 Å². The molecule has 0 radical (unpaired) electrons. The molecule has 1 heterocycles. The van der Waals surface area contributed by atoms with Gasteiger partial charge in [-0.1, -0.05) is 12.1 Å². The number of aliphatic hydroxyl groups is 1. The van der Waals surface area contributed by atoms with Gasteiger partial charge in [-0.3, -0.25) is 10.1 Å². The summed E-state index contributed by atoms with van der Waals surface area (Å²) in [6, 6.07) is 10.6. The number of benzene rings is 1. The topological polar surface area (TPSA) is 75.4 Å². The Morgan fingerprint density at radius 2 is 2.10 bits per heavy atom. The predicted octanol–water partition coefficient (Wildman–Crippen LogP) is 2.79. The fourth-order valence-electron chi connectivity index (χ4n) is 1.80. The van der Waals surface area contributed by atoms with Gasteiger partial charge >= 0.3 is 0 Å². The van der Waals surface area contributed by atoms with Crippen molar-refractivity contribution >= 4 is 17.0 Å². The van der Waals surface area contributed by atoms with E-state index in [0.717, 1.165) is 9.75 Å². The third-order valence-electron chi connectivity index (χ3n) is 2.93. The molecule has 2 aromatic rings. The van der Waals surface area contributed by atoms with Crippen LogP contribution in [0, 0.1) is 10.1 Å². The maximum absolute atomic E-state index is 11.0. The molecule has 0 amide bonds. The van der Waals surface area contributed by atoms with E-state index in [1.165, 1.54) is 17.4 Å². The Kier molecular flexibility index (Phi) is 4.84. The van der Waals surface area contributed by atoms with E-state index in [0.29, 0.717) is 12.1 Å². The first-order chi connectivity index (χ1) is 9.61. The summed E-state index contributed by atoms with van der Waals surface area (Å²) in [4.78, 5) is 12.6. The smallest absolute Gasteiger partial charge is 0.278 e. The molecule has 20 heavy (non-hydrogen) atoms. The normalized spacial score (nSPS) is 12.3. The monoisotopic (exact) mass is 292 g/mol. The highest BCUT2D eigenvalue weighted by molar-refractivity contribution is 7.15. The maximum Gasteiger partial charge on any atom is 0.278 e. The number of hydrogen-bond acceptors (Lipinski definition) is 5. The first-order valence-corrected chi connectivity index (χ1v) is 7.10. The van der Waals surface area contributed by atoms with Gasteiger partial charge in [-0.15, -0.1) is 11.3 Å². The molecule has 0 spiro atoms. The summed E-state index contributed by atoms with van der Waals surface area (Å²) in [5.74, 6) is 0. The zero-order valence-electron chi connectivity index (χ0n) is 11.1. The predicted molar refractivity (Wildman–Crippen MR) is 79.8 cm³/mol. The minimum atomic E-state index is -0.360. The van der Waals surface area contributed by atoms with E-state index in [-0.39, 0.29) is 23.3 Å². The largest absolute Gasteiger partial charge is 0.395 e. The number of hydrogen-bond donors (Lipinski definition) is 2. The highest BCUT2D eigenvalue weighted by atomic mass is 32.1. The van der Waals surface area contributed by atoms with E-state index < -0.39 is 0 Å². The summed E-state index contributed by atoms with van der Waals surface area (Å²) in [6.45, 7) is 2.63.